The number of hydrogen-bond donors (Lipinski definition) is 2. The fourth-order valence-electron chi connectivity index (χ4n) is 3.74. The molecule has 29 heavy (non-hydrogen) atoms. The van der Waals surface area contributed by atoms with Crippen LogP contribution in [0, 0.1) is 0 Å². The molecule has 0 radical (unpaired) electrons. The van der Waals surface area contributed by atoms with E-state index in [-0.39, 0.29) is 11.9 Å². The number of benzene rings is 3. The van der Waals surface area contributed by atoms with E-state index in [2.05, 4.69) is 39.4 Å². The number of piperazine rings is 1. The lowest BCUT2D eigenvalue weighted by Crippen LogP contribution is -2.57. The van der Waals surface area contributed by atoms with E-state index in [1.54, 1.807) is 12.1 Å². The molecule has 5 nitrogen and oxygen atoms in total. The number of nitrogens with one attached hydrogen (secondary N) is 1. The molecule has 1 heterocycles. The van der Waals surface area contributed by atoms with Gasteiger partial charge in [0.1, 0.15) is 6.04 Å². The van der Waals surface area contributed by atoms with Gasteiger partial charge in [-0.05, 0) is 42.0 Å². The summed E-state index contributed by atoms with van der Waals surface area (Å²) in [5.74, 6) is 0.00586. The van der Waals surface area contributed by atoms with Crippen molar-refractivity contribution in [3.8, 4) is 0 Å². The van der Waals surface area contributed by atoms with Crippen molar-refractivity contribution in [2.75, 3.05) is 35.6 Å². The highest BCUT2D eigenvalue weighted by Crippen LogP contribution is 2.22. The predicted molar refractivity (Wildman–Crippen MR) is 119 cm³/mol. The number of nitrogen functional groups attached to an aromatic ring is 1. The monoisotopic (exact) mass is 386 g/mol. The third-order valence-electron chi connectivity index (χ3n) is 5.32. The van der Waals surface area contributed by atoms with E-state index in [0.717, 1.165) is 31.0 Å². The first-order valence-electron chi connectivity index (χ1n) is 9.93. The quantitative estimate of drug-likeness (QED) is 0.658. The highest BCUT2D eigenvalue weighted by Gasteiger charge is 2.32. The van der Waals surface area contributed by atoms with Crippen molar-refractivity contribution in [2.45, 2.75) is 12.6 Å². The average molecular weight is 386 g/mol. The minimum Gasteiger partial charge on any atom is -0.399 e. The van der Waals surface area contributed by atoms with Crippen LogP contribution < -0.4 is 16.0 Å². The Hall–Kier alpha value is -3.31. The maximum atomic E-state index is 13.2. The van der Waals surface area contributed by atoms with Gasteiger partial charge in [0, 0.05) is 43.2 Å². The van der Waals surface area contributed by atoms with Crippen LogP contribution in [0.4, 0.5) is 17.1 Å². The molecule has 0 spiro atoms. The molecule has 1 saturated heterocycles. The minimum atomic E-state index is -0.248. The topological polar surface area (TPSA) is 61.6 Å². The summed E-state index contributed by atoms with van der Waals surface area (Å²) in [5.41, 5.74) is 9.57. The summed E-state index contributed by atoms with van der Waals surface area (Å²) in [4.78, 5) is 17.8. The molecule has 0 bridgehead atoms. The van der Waals surface area contributed by atoms with Gasteiger partial charge < -0.3 is 16.0 Å². The summed E-state index contributed by atoms with van der Waals surface area (Å²) in [7, 11) is 0. The van der Waals surface area contributed by atoms with E-state index < -0.39 is 0 Å². The number of amides is 1. The lowest BCUT2D eigenvalue weighted by molar-refractivity contribution is -0.121. The second-order valence-corrected chi connectivity index (χ2v) is 7.36. The highest BCUT2D eigenvalue weighted by molar-refractivity contribution is 5.95. The van der Waals surface area contributed by atoms with Crippen LogP contribution in [0.25, 0.3) is 0 Å². The van der Waals surface area contributed by atoms with Crippen molar-refractivity contribution in [1.29, 1.82) is 0 Å². The molecule has 148 valence electrons. The Bertz CT molecular complexity index is 928. The van der Waals surface area contributed by atoms with Crippen LogP contribution >= 0.6 is 0 Å². The van der Waals surface area contributed by atoms with Crippen LogP contribution in [0.1, 0.15) is 5.56 Å². The van der Waals surface area contributed by atoms with Crippen molar-refractivity contribution in [2.24, 2.45) is 0 Å². The predicted octanol–water partition coefficient (Wildman–Crippen LogP) is 3.60. The SMILES string of the molecule is Nc1ccc(NC(=O)[C@H]2CN(c3ccccc3)CCN2Cc2ccccc2)cc1. The number of nitrogens with zero attached hydrogens (tertiary/aromatic N) is 2. The van der Waals surface area contributed by atoms with E-state index in [9.17, 15) is 4.79 Å². The maximum absolute atomic E-state index is 13.2. The van der Waals surface area contributed by atoms with E-state index in [0.29, 0.717) is 12.2 Å². The molecule has 1 aliphatic rings. The highest BCUT2D eigenvalue weighted by atomic mass is 16.2. The molecule has 3 aromatic carbocycles. The fourth-order valence-corrected chi connectivity index (χ4v) is 3.74. The van der Waals surface area contributed by atoms with E-state index in [1.165, 1.54) is 5.56 Å². The second-order valence-electron chi connectivity index (χ2n) is 7.36. The van der Waals surface area contributed by atoms with Crippen LogP contribution in [-0.4, -0.2) is 36.5 Å². The fraction of sp³-hybridized carbons (Fsp3) is 0.208. The number of rotatable bonds is 5. The molecule has 3 N–H and O–H groups in total. The van der Waals surface area contributed by atoms with Crippen LogP contribution in [0.3, 0.4) is 0 Å². The number of anilines is 3. The number of carbonyl (C=O) groups is 1. The molecular formula is C24H26N4O. The van der Waals surface area contributed by atoms with Gasteiger partial charge in [-0.3, -0.25) is 9.69 Å². The van der Waals surface area contributed by atoms with Crippen LogP contribution in [-0.2, 0) is 11.3 Å². The largest absolute Gasteiger partial charge is 0.399 e. The lowest BCUT2D eigenvalue weighted by Gasteiger charge is -2.41. The second kappa shape index (κ2) is 8.80. The molecule has 3 aromatic rings. The van der Waals surface area contributed by atoms with E-state index in [1.807, 2.05) is 48.5 Å². The van der Waals surface area contributed by atoms with Gasteiger partial charge in [0.15, 0.2) is 0 Å². The Morgan fingerprint density at radius 2 is 1.55 bits per heavy atom. The molecule has 4 rings (SSSR count). The Morgan fingerprint density at radius 3 is 2.24 bits per heavy atom. The molecule has 1 aliphatic heterocycles. The van der Waals surface area contributed by atoms with Gasteiger partial charge in [-0.25, -0.2) is 0 Å². The van der Waals surface area contributed by atoms with Crippen molar-refractivity contribution >= 4 is 23.0 Å². The Morgan fingerprint density at radius 1 is 0.897 bits per heavy atom. The van der Waals surface area contributed by atoms with Gasteiger partial charge >= 0.3 is 0 Å². The summed E-state index contributed by atoms with van der Waals surface area (Å²) in [6, 6.07) is 27.6. The molecule has 0 aliphatic carbocycles. The average Bonchev–Trinajstić information content (AvgIpc) is 2.77. The molecule has 5 heteroatoms. The molecule has 1 fully saturated rings. The molecule has 0 unspecified atom stereocenters. The minimum absolute atomic E-state index is 0.00586. The summed E-state index contributed by atoms with van der Waals surface area (Å²) >= 11 is 0. The van der Waals surface area contributed by atoms with Gasteiger partial charge in [-0.2, -0.15) is 0 Å². The Balaban J connectivity index is 1.54. The summed E-state index contributed by atoms with van der Waals surface area (Å²) in [6.07, 6.45) is 0. The van der Waals surface area contributed by atoms with Crippen LogP contribution in [0.5, 0.6) is 0 Å². The molecular weight excluding hydrogens is 360 g/mol. The summed E-state index contributed by atoms with van der Waals surface area (Å²) in [5, 5.41) is 3.06. The number of para-hydroxylation sites is 1. The maximum Gasteiger partial charge on any atom is 0.243 e. The lowest BCUT2D eigenvalue weighted by atomic mass is 10.1. The first kappa shape index (κ1) is 19.0. The normalized spacial score (nSPS) is 17.1. The first-order valence-corrected chi connectivity index (χ1v) is 9.93. The third kappa shape index (κ3) is 4.76. The van der Waals surface area contributed by atoms with Gasteiger partial charge in [-0.1, -0.05) is 48.5 Å². The number of nitrogens with two attached hydrogens (primary N) is 1. The van der Waals surface area contributed by atoms with Crippen molar-refractivity contribution in [3.05, 3.63) is 90.5 Å². The van der Waals surface area contributed by atoms with E-state index >= 15 is 0 Å². The van der Waals surface area contributed by atoms with Crippen LogP contribution in [0.2, 0.25) is 0 Å². The Kier molecular flexibility index (Phi) is 5.77. The van der Waals surface area contributed by atoms with Crippen molar-refractivity contribution in [3.63, 3.8) is 0 Å². The smallest absolute Gasteiger partial charge is 0.243 e. The Labute approximate surface area is 171 Å². The van der Waals surface area contributed by atoms with Gasteiger partial charge in [0.25, 0.3) is 0 Å². The van der Waals surface area contributed by atoms with Crippen molar-refractivity contribution in [1.82, 2.24) is 4.90 Å². The number of carbonyl (C=O) groups excluding carboxylic acids is 1. The zero-order valence-electron chi connectivity index (χ0n) is 16.4. The molecule has 1 atom stereocenters. The van der Waals surface area contributed by atoms with Gasteiger partial charge in [-0.15, -0.1) is 0 Å². The van der Waals surface area contributed by atoms with Crippen LogP contribution in [0.15, 0.2) is 84.9 Å². The molecule has 1 amide bonds. The zero-order valence-corrected chi connectivity index (χ0v) is 16.4. The van der Waals surface area contributed by atoms with E-state index in [4.69, 9.17) is 5.73 Å². The number of hydrogen-bond acceptors (Lipinski definition) is 4. The summed E-state index contributed by atoms with van der Waals surface area (Å²) < 4.78 is 0. The van der Waals surface area contributed by atoms with Crippen molar-refractivity contribution < 1.29 is 4.79 Å². The molecule has 0 aromatic heterocycles. The third-order valence-corrected chi connectivity index (χ3v) is 5.32. The molecule has 0 saturated carbocycles. The van der Waals surface area contributed by atoms with Gasteiger partial charge in [0.2, 0.25) is 5.91 Å². The summed E-state index contributed by atoms with van der Waals surface area (Å²) in [6.45, 7) is 3.12. The zero-order chi connectivity index (χ0) is 20.1. The first-order chi connectivity index (χ1) is 14.2. The van der Waals surface area contributed by atoms with Gasteiger partial charge in [0.05, 0.1) is 0 Å². The standard InChI is InChI=1S/C24H26N4O/c25-20-11-13-21(14-12-20)26-24(29)23-18-27(22-9-5-2-6-10-22)15-16-28(23)17-19-7-3-1-4-8-19/h1-14,23H,15-18,25H2,(H,26,29)/t23-/m1/s1.